The van der Waals surface area contributed by atoms with Crippen LogP contribution in [0.2, 0.25) is 0 Å². The van der Waals surface area contributed by atoms with Crippen LogP contribution in [0.1, 0.15) is 0 Å². The molecule has 0 N–H and O–H groups in total. The van der Waals surface area contributed by atoms with Crippen LogP contribution in [0.25, 0.3) is 100 Å². The van der Waals surface area contributed by atoms with E-state index in [-0.39, 0.29) is 0 Å². The molecule has 0 saturated carbocycles. The van der Waals surface area contributed by atoms with Crippen LogP contribution in [0, 0.1) is 0 Å². The fourth-order valence-corrected chi connectivity index (χ4v) is 6.75. The molecule has 0 aliphatic heterocycles. The Labute approximate surface area is 292 Å². The Morgan fingerprint density at radius 2 is 0.824 bits per heavy atom. The molecule has 10 aromatic rings. The van der Waals surface area contributed by atoms with E-state index >= 15 is 0 Å². The molecule has 10 rings (SSSR count). The van der Waals surface area contributed by atoms with Gasteiger partial charge in [-0.1, -0.05) is 140 Å². The van der Waals surface area contributed by atoms with Crippen molar-refractivity contribution >= 4 is 44.0 Å². The summed E-state index contributed by atoms with van der Waals surface area (Å²) >= 11 is 0. The Morgan fingerprint density at radius 3 is 1.41 bits per heavy atom. The average molecular weight is 654 g/mol. The standard InChI is InChI=1S/C45H27N5O/c1-3-9-31(10-4-1)42-48-43(32-11-5-2-6-12-32)50-44(49-42)33-21-19-29(20-22-33)28-15-17-30(18-16-28)34-23-25-36-35(27-34)24-26-39-40(36)41-45(51-39)47-38-14-8-7-13-37(38)46-41/h1-27H. The molecular weight excluding hydrogens is 627 g/mol. The van der Waals surface area contributed by atoms with Gasteiger partial charge in [0, 0.05) is 16.7 Å². The third kappa shape index (κ3) is 5.18. The van der Waals surface area contributed by atoms with Gasteiger partial charge in [0.05, 0.1) is 16.4 Å². The van der Waals surface area contributed by atoms with Crippen molar-refractivity contribution in [3.05, 3.63) is 164 Å². The fraction of sp³-hybridized carbons (Fsp3) is 0. The van der Waals surface area contributed by atoms with Crippen LogP contribution in [-0.2, 0) is 0 Å². The van der Waals surface area contributed by atoms with Crippen LogP contribution in [0.3, 0.4) is 0 Å². The molecule has 6 heteroatoms. The van der Waals surface area contributed by atoms with Crippen LogP contribution < -0.4 is 0 Å². The van der Waals surface area contributed by atoms with Gasteiger partial charge < -0.3 is 4.42 Å². The van der Waals surface area contributed by atoms with E-state index in [1.165, 1.54) is 0 Å². The van der Waals surface area contributed by atoms with E-state index in [0.29, 0.717) is 23.2 Å². The number of fused-ring (bicyclic) bond motifs is 6. The average Bonchev–Trinajstić information content (AvgIpc) is 3.58. The Morgan fingerprint density at radius 1 is 0.353 bits per heavy atom. The van der Waals surface area contributed by atoms with Crippen LogP contribution in [0.15, 0.2) is 168 Å². The highest BCUT2D eigenvalue weighted by molar-refractivity contribution is 6.18. The SMILES string of the molecule is c1ccc(-c2nc(-c3ccccc3)nc(-c3ccc(-c4ccc(-c5ccc6c(ccc7oc8nc9ccccc9nc8c76)c5)cc4)cc3)n2)cc1. The first-order chi connectivity index (χ1) is 25.2. The summed E-state index contributed by atoms with van der Waals surface area (Å²) in [7, 11) is 0. The lowest BCUT2D eigenvalue weighted by atomic mass is 9.97. The van der Waals surface area contributed by atoms with Crippen molar-refractivity contribution in [2.24, 2.45) is 0 Å². The predicted octanol–water partition coefficient (Wildman–Crippen LogP) is 11.2. The number of para-hydroxylation sites is 2. The third-order valence-corrected chi connectivity index (χ3v) is 9.36. The van der Waals surface area contributed by atoms with Crippen molar-refractivity contribution in [3.63, 3.8) is 0 Å². The molecule has 0 aliphatic rings. The summed E-state index contributed by atoms with van der Waals surface area (Å²) in [5.74, 6) is 1.94. The lowest BCUT2D eigenvalue weighted by Crippen LogP contribution is -2.00. The van der Waals surface area contributed by atoms with Gasteiger partial charge in [0.1, 0.15) is 11.1 Å². The van der Waals surface area contributed by atoms with Crippen molar-refractivity contribution < 1.29 is 4.42 Å². The topological polar surface area (TPSA) is 77.6 Å². The van der Waals surface area contributed by atoms with Crippen molar-refractivity contribution in [1.29, 1.82) is 0 Å². The molecule has 0 radical (unpaired) electrons. The van der Waals surface area contributed by atoms with E-state index in [9.17, 15) is 0 Å². The van der Waals surface area contributed by atoms with E-state index in [0.717, 1.165) is 77.2 Å². The van der Waals surface area contributed by atoms with Gasteiger partial charge in [-0.05, 0) is 57.3 Å². The number of hydrogen-bond acceptors (Lipinski definition) is 6. The minimum Gasteiger partial charge on any atom is -0.436 e. The van der Waals surface area contributed by atoms with Gasteiger partial charge >= 0.3 is 0 Å². The Bertz CT molecular complexity index is 2830. The quantitative estimate of drug-likeness (QED) is 0.184. The summed E-state index contributed by atoms with van der Waals surface area (Å²) in [6, 6.07) is 55.8. The van der Waals surface area contributed by atoms with E-state index in [4.69, 9.17) is 29.3 Å². The Kier molecular flexibility index (Phi) is 6.70. The normalized spacial score (nSPS) is 11.5. The molecule has 51 heavy (non-hydrogen) atoms. The zero-order valence-corrected chi connectivity index (χ0v) is 27.2. The summed E-state index contributed by atoms with van der Waals surface area (Å²) < 4.78 is 6.13. The molecule has 0 spiro atoms. The molecule has 238 valence electrons. The maximum atomic E-state index is 6.13. The maximum Gasteiger partial charge on any atom is 0.246 e. The Hall–Kier alpha value is -7.05. The van der Waals surface area contributed by atoms with E-state index < -0.39 is 0 Å². The summed E-state index contributed by atoms with van der Waals surface area (Å²) in [5.41, 5.74) is 11.2. The summed E-state index contributed by atoms with van der Waals surface area (Å²) in [4.78, 5) is 24.2. The number of nitrogens with zero attached hydrogens (tertiary/aromatic N) is 5. The van der Waals surface area contributed by atoms with Crippen molar-refractivity contribution in [3.8, 4) is 56.4 Å². The van der Waals surface area contributed by atoms with Gasteiger partial charge in [-0.3, -0.25) is 0 Å². The first-order valence-electron chi connectivity index (χ1n) is 16.8. The highest BCUT2D eigenvalue weighted by Crippen LogP contribution is 2.36. The molecule has 0 bridgehead atoms. The van der Waals surface area contributed by atoms with Gasteiger partial charge in [-0.25, -0.2) is 24.9 Å². The number of benzene rings is 7. The molecule has 3 heterocycles. The van der Waals surface area contributed by atoms with E-state index in [1.54, 1.807) is 0 Å². The summed E-state index contributed by atoms with van der Waals surface area (Å²) in [5, 5.41) is 3.22. The second-order valence-corrected chi connectivity index (χ2v) is 12.5. The van der Waals surface area contributed by atoms with Crippen molar-refractivity contribution in [1.82, 2.24) is 24.9 Å². The van der Waals surface area contributed by atoms with Gasteiger partial charge in [0.2, 0.25) is 5.71 Å². The zero-order chi connectivity index (χ0) is 33.7. The highest BCUT2D eigenvalue weighted by atomic mass is 16.3. The van der Waals surface area contributed by atoms with Gasteiger partial charge in [-0.2, -0.15) is 0 Å². The second kappa shape index (κ2) is 11.8. The van der Waals surface area contributed by atoms with Gasteiger partial charge in [0.15, 0.2) is 17.5 Å². The molecule has 6 nitrogen and oxygen atoms in total. The second-order valence-electron chi connectivity index (χ2n) is 12.5. The third-order valence-electron chi connectivity index (χ3n) is 9.36. The largest absolute Gasteiger partial charge is 0.436 e. The maximum absolute atomic E-state index is 6.13. The van der Waals surface area contributed by atoms with Crippen molar-refractivity contribution in [2.45, 2.75) is 0 Å². The molecule has 0 amide bonds. The smallest absolute Gasteiger partial charge is 0.246 e. The Balaban J connectivity index is 0.957. The van der Waals surface area contributed by atoms with Crippen LogP contribution in [0.4, 0.5) is 0 Å². The lowest BCUT2D eigenvalue weighted by molar-refractivity contribution is 0.655. The van der Waals surface area contributed by atoms with Gasteiger partial charge in [0.25, 0.3) is 0 Å². The van der Waals surface area contributed by atoms with Gasteiger partial charge in [-0.15, -0.1) is 0 Å². The minimum atomic E-state index is 0.561. The number of aromatic nitrogens is 5. The lowest BCUT2D eigenvalue weighted by Gasteiger charge is -2.10. The van der Waals surface area contributed by atoms with E-state index in [1.807, 2.05) is 91.0 Å². The van der Waals surface area contributed by atoms with Crippen LogP contribution >= 0.6 is 0 Å². The molecule has 0 aliphatic carbocycles. The molecule has 0 atom stereocenters. The first kappa shape index (κ1) is 28.9. The summed E-state index contributed by atoms with van der Waals surface area (Å²) in [6.07, 6.45) is 0. The fourth-order valence-electron chi connectivity index (χ4n) is 6.75. The number of hydrogen-bond donors (Lipinski definition) is 0. The monoisotopic (exact) mass is 653 g/mol. The minimum absolute atomic E-state index is 0.561. The molecule has 0 unspecified atom stereocenters. The van der Waals surface area contributed by atoms with Crippen molar-refractivity contribution in [2.75, 3.05) is 0 Å². The van der Waals surface area contributed by atoms with Crippen LogP contribution in [0.5, 0.6) is 0 Å². The van der Waals surface area contributed by atoms with Crippen LogP contribution in [-0.4, -0.2) is 24.9 Å². The number of furan rings is 1. The number of rotatable bonds is 5. The molecular formula is C45H27N5O. The zero-order valence-electron chi connectivity index (χ0n) is 27.2. The first-order valence-corrected chi connectivity index (χ1v) is 16.8. The summed E-state index contributed by atoms with van der Waals surface area (Å²) in [6.45, 7) is 0. The molecule has 0 fully saturated rings. The molecule has 0 saturated heterocycles. The highest BCUT2D eigenvalue weighted by Gasteiger charge is 2.16. The van der Waals surface area contributed by atoms with E-state index in [2.05, 4.69) is 72.8 Å². The molecule has 7 aromatic carbocycles. The molecule has 3 aromatic heterocycles. The predicted molar refractivity (Wildman–Crippen MR) is 205 cm³/mol.